The van der Waals surface area contributed by atoms with Crippen molar-refractivity contribution in [2.45, 2.75) is 39.2 Å². The average Bonchev–Trinajstić information content (AvgIpc) is 2.53. The van der Waals surface area contributed by atoms with E-state index in [4.69, 9.17) is 4.74 Å². The summed E-state index contributed by atoms with van der Waals surface area (Å²) in [6.07, 6.45) is 0. The highest BCUT2D eigenvalue weighted by atomic mass is 19.1. The lowest BCUT2D eigenvalue weighted by Crippen LogP contribution is -2.31. The Bertz CT molecular complexity index is 690. The molecule has 0 saturated heterocycles. The summed E-state index contributed by atoms with van der Waals surface area (Å²) in [6.45, 7) is 8.06. The van der Waals surface area contributed by atoms with Gasteiger partial charge in [-0.15, -0.1) is 0 Å². The lowest BCUT2D eigenvalue weighted by atomic mass is 9.87. The first kappa shape index (κ1) is 18.0. The molecule has 0 aromatic heterocycles. The summed E-state index contributed by atoms with van der Waals surface area (Å²) in [7, 11) is 0. The van der Waals surface area contributed by atoms with Crippen LogP contribution in [0.15, 0.2) is 48.5 Å². The van der Waals surface area contributed by atoms with Crippen LogP contribution in [0, 0.1) is 5.82 Å². The van der Waals surface area contributed by atoms with E-state index < -0.39 is 6.04 Å². The molecule has 24 heavy (non-hydrogen) atoms. The quantitative estimate of drug-likeness (QED) is 0.884. The maximum atomic E-state index is 13.7. The van der Waals surface area contributed by atoms with Gasteiger partial charge < -0.3 is 10.1 Å². The summed E-state index contributed by atoms with van der Waals surface area (Å²) in [6, 6.07) is 13.7. The van der Waals surface area contributed by atoms with Crippen LogP contribution in [0.2, 0.25) is 0 Å². The van der Waals surface area contributed by atoms with Gasteiger partial charge in [-0.1, -0.05) is 51.1 Å². The fraction of sp³-hybridized carbons (Fsp3) is 0.350. The van der Waals surface area contributed by atoms with Gasteiger partial charge in [0.2, 0.25) is 0 Å². The van der Waals surface area contributed by atoms with Crippen molar-refractivity contribution < 1.29 is 13.9 Å². The van der Waals surface area contributed by atoms with Crippen molar-refractivity contribution in [1.82, 2.24) is 5.32 Å². The maximum Gasteiger partial charge on any atom is 0.258 e. The van der Waals surface area contributed by atoms with Crippen LogP contribution in [0.5, 0.6) is 5.75 Å². The van der Waals surface area contributed by atoms with Gasteiger partial charge in [0.05, 0.1) is 6.04 Å². The van der Waals surface area contributed by atoms with Crippen LogP contribution in [-0.4, -0.2) is 12.5 Å². The Balaban J connectivity index is 1.88. The number of carbonyl (C=O) groups is 1. The topological polar surface area (TPSA) is 38.3 Å². The molecule has 0 spiro atoms. The molecular formula is C20H24FNO2. The lowest BCUT2D eigenvalue weighted by molar-refractivity contribution is -0.123. The molecule has 1 atom stereocenters. The van der Waals surface area contributed by atoms with Crippen molar-refractivity contribution in [2.24, 2.45) is 0 Å². The summed E-state index contributed by atoms with van der Waals surface area (Å²) >= 11 is 0. The third kappa shape index (κ3) is 4.82. The maximum absolute atomic E-state index is 13.7. The van der Waals surface area contributed by atoms with Gasteiger partial charge in [-0.25, -0.2) is 4.39 Å². The van der Waals surface area contributed by atoms with Crippen LogP contribution in [-0.2, 0) is 10.2 Å². The van der Waals surface area contributed by atoms with Gasteiger partial charge >= 0.3 is 0 Å². The van der Waals surface area contributed by atoms with Gasteiger partial charge in [0, 0.05) is 5.56 Å². The first-order valence-electron chi connectivity index (χ1n) is 8.04. The second kappa shape index (κ2) is 7.47. The van der Waals surface area contributed by atoms with Gasteiger partial charge in [-0.2, -0.15) is 0 Å². The summed E-state index contributed by atoms with van der Waals surface area (Å²) in [5.41, 5.74) is 1.73. The van der Waals surface area contributed by atoms with Gasteiger partial charge in [0.15, 0.2) is 6.61 Å². The van der Waals surface area contributed by atoms with Crippen molar-refractivity contribution in [1.29, 1.82) is 0 Å². The van der Waals surface area contributed by atoms with E-state index in [1.165, 1.54) is 11.6 Å². The minimum atomic E-state index is -0.412. The molecule has 0 radical (unpaired) electrons. The highest BCUT2D eigenvalue weighted by molar-refractivity contribution is 5.78. The molecule has 4 heteroatoms. The first-order chi connectivity index (χ1) is 11.3. The number of ether oxygens (including phenoxy) is 1. The summed E-state index contributed by atoms with van der Waals surface area (Å²) in [5.74, 6) is 0.0198. The first-order valence-corrected chi connectivity index (χ1v) is 8.04. The molecule has 0 fully saturated rings. The van der Waals surface area contributed by atoms with Gasteiger partial charge in [-0.3, -0.25) is 4.79 Å². The van der Waals surface area contributed by atoms with Crippen molar-refractivity contribution in [3.63, 3.8) is 0 Å². The van der Waals surface area contributed by atoms with Crippen molar-refractivity contribution >= 4 is 5.91 Å². The van der Waals surface area contributed by atoms with E-state index in [1.807, 2.05) is 24.3 Å². The minimum Gasteiger partial charge on any atom is -0.484 e. The van der Waals surface area contributed by atoms with Crippen LogP contribution < -0.4 is 10.1 Å². The van der Waals surface area contributed by atoms with Crippen molar-refractivity contribution in [3.8, 4) is 5.75 Å². The number of halogens is 1. The lowest BCUT2D eigenvalue weighted by Gasteiger charge is -2.19. The molecule has 128 valence electrons. The van der Waals surface area contributed by atoms with Crippen molar-refractivity contribution in [3.05, 3.63) is 65.5 Å². The molecule has 1 amide bonds. The Labute approximate surface area is 142 Å². The largest absolute Gasteiger partial charge is 0.484 e. The zero-order chi connectivity index (χ0) is 17.7. The van der Waals surface area contributed by atoms with Crippen LogP contribution in [0.4, 0.5) is 4.39 Å². The molecule has 2 aromatic carbocycles. The molecule has 3 nitrogen and oxygen atoms in total. The molecule has 0 aliphatic heterocycles. The fourth-order valence-electron chi connectivity index (χ4n) is 2.39. The van der Waals surface area contributed by atoms with E-state index in [9.17, 15) is 9.18 Å². The molecule has 2 rings (SSSR count). The number of carbonyl (C=O) groups excluding carboxylic acids is 1. The Morgan fingerprint density at radius 3 is 2.33 bits per heavy atom. The smallest absolute Gasteiger partial charge is 0.258 e. The average molecular weight is 329 g/mol. The second-order valence-electron chi connectivity index (χ2n) is 6.87. The predicted molar refractivity (Wildman–Crippen MR) is 93.6 cm³/mol. The third-order valence-electron chi connectivity index (χ3n) is 3.84. The van der Waals surface area contributed by atoms with Gasteiger partial charge in [-0.05, 0) is 36.1 Å². The number of benzene rings is 2. The summed E-state index contributed by atoms with van der Waals surface area (Å²) in [5, 5.41) is 2.74. The molecule has 0 saturated carbocycles. The van der Waals surface area contributed by atoms with E-state index in [2.05, 4.69) is 26.1 Å². The van der Waals surface area contributed by atoms with Crippen LogP contribution >= 0.6 is 0 Å². The Hall–Kier alpha value is -2.36. The SMILES string of the molecule is CC(NC(=O)COc1ccc(C(C)(C)C)cc1)c1ccccc1F. The monoisotopic (exact) mass is 329 g/mol. The van der Waals surface area contributed by atoms with E-state index >= 15 is 0 Å². The molecule has 1 unspecified atom stereocenters. The number of rotatable bonds is 5. The highest BCUT2D eigenvalue weighted by Gasteiger charge is 2.15. The number of amides is 1. The Morgan fingerprint density at radius 1 is 1.12 bits per heavy atom. The Kier molecular flexibility index (Phi) is 5.60. The minimum absolute atomic E-state index is 0.0745. The molecule has 1 N–H and O–H groups in total. The number of hydrogen-bond acceptors (Lipinski definition) is 2. The standard InChI is InChI=1S/C20H24FNO2/c1-14(17-7-5-6-8-18(17)21)22-19(23)13-24-16-11-9-15(10-12-16)20(2,3)4/h5-12,14H,13H2,1-4H3,(H,22,23). The molecule has 0 bridgehead atoms. The summed E-state index contributed by atoms with van der Waals surface area (Å²) < 4.78 is 19.2. The van der Waals surface area contributed by atoms with Crippen LogP contribution in [0.3, 0.4) is 0 Å². The molecule has 0 aliphatic rings. The van der Waals surface area contributed by atoms with E-state index in [0.29, 0.717) is 11.3 Å². The third-order valence-corrected chi connectivity index (χ3v) is 3.84. The number of nitrogens with one attached hydrogen (secondary N) is 1. The predicted octanol–water partition coefficient (Wildman–Crippen LogP) is 4.38. The normalized spacial score (nSPS) is 12.5. The molecule has 2 aromatic rings. The zero-order valence-electron chi connectivity index (χ0n) is 14.6. The van der Waals surface area contributed by atoms with E-state index in [-0.39, 0.29) is 23.7 Å². The van der Waals surface area contributed by atoms with E-state index in [1.54, 1.807) is 25.1 Å². The molecule has 0 aliphatic carbocycles. The van der Waals surface area contributed by atoms with E-state index in [0.717, 1.165) is 0 Å². The number of hydrogen-bond donors (Lipinski definition) is 1. The fourth-order valence-corrected chi connectivity index (χ4v) is 2.39. The summed E-state index contributed by atoms with van der Waals surface area (Å²) in [4.78, 5) is 12.0. The van der Waals surface area contributed by atoms with Gasteiger partial charge in [0.25, 0.3) is 5.91 Å². The van der Waals surface area contributed by atoms with Crippen LogP contribution in [0.25, 0.3) is 0 Å². The van der Waals surface area contributed by atoms with Gasteiger partial charge in [0.1, 0.15) is 11.6 Å². The highest BCUT2D eigenvalue weighted by Crippen LogP contribution is 2.24. The Morgan fingerprint density at radius 2 is 1.75 bits per heavy atom. The van der Waals surface area contributed by atoms with Crippen LogP contribution in [0.1, 0.15) is 44.9 Å². The zero-order valence-corrected chi connectivity index (χ0v) is 14.6. The molecular weight excluding hydrogens is 305 g/mol. The molecule has 0 heterocycles. The second-order valence-corrected chi connectivity index (χ2v) is 6.87. The van der Waals surface area contributed by atoms with Crippen molar-refractivity contribution in [2.75, 3.05) is 6.61 Å².